The molecule has 4 heterocycles. The summed E-state index contributed by atoms with van der Waals surface area (Å²) in [6, 6.07) is 13.1. The minimum atomic E-state index is -4.99. The number of benzene rings is 3. The van der Waals surface area contributed by atoms with E-state index in [-0.39, 0.29) is 78.3 Å². The van der Waals surface area contributed by atoms with Crippen LogP contribution in [0.3, 0.4) is 0 Å². The summed E-state index contributed by atoms with van der Waals surface area (Å²) < 4.78 is 63.2. The molecule has 0 spiro atoms. The Morgan fingerprint density at radius 2 is 1.62 bits per heavy atom. The number of pyridine rings is 1. The molecule has 0 aliphatic carbocycles. The third-order valence-corrected chi connectivity index (χ3v) is 12.0. The zero-order chi connectivity index (χ0) is 46.0. The maximum Gasteiger partial charge on any atom is 0.417 e. The molecule has 0 saturated carbocycles. The second kappa shape index (κ2) is 18.7. The van der Waals surface area contributed by atoms with Crippen LogP contribution in [0.5, 0.6) is 0 Å². The normalized spacial score (nSPS) is 19.2. The first-order valence-corrected chi connectivity index (χ1v) is 20.9. The van der Waals surface area contributed by atoms with Gasteiger partial charge in [-0.15, -0.1) is 0 Å². The number of imide groups is 2. The van der Waals surface area contributed by atoms with E-state index in [1.54, 1.807) is 24.3 Å². The van der Waals surface area contributed by atoms with Crippen LogP contribution in [0.1, 0.15) is 98.5 Å². The number of halogens is 4. The molecule has 0 radical (unpaired) electrons. The number of aromatic nitrogens is 1. The van der Waals surface area contributed by atoms with E-state index in [0.717, 1.165) is 11.0 Å². The van der Waals surface area contributed by atoms with E-state index in [1.165, 1.54) is 24.3 Å². The number of H-pyrrole nitrogens is 1. The lowest BCUT2D eigenvalue weighted by Gasteiger charge is -2.44. The Morgan fingerprint density at radius 3 is 2.33 bits per heavy atom. The molecule has 3 N–H and O–H groups in total. The molecule has 336 valence electrons. The largest absolute Gasteiger partial charge is 0.417 e. The number of fused-ring (bicyclic) bond motifs is 1. The minimum absolute atomic E-state index is 0.0192. The average molecular weight is 887 g/mol. The van der Waals surface area contributed by atoms with Gasteiger partial charge in [-0.05, 0) is 82.0 Å². The zero-order valence-corrected chi connectivity index (χ0v) is 35.3. The van der Waals surface area contributed by atoms with Crippen molar-refractivity contribution in [3.8, 4) is 11.1 Å². The summed E-state index contributed by atoms with van der Waals surface area (Å²) in [6.07, 6.45) is -2.95. The number of carbonyl (C=O) groups is 6. The van der Waals surface area contributed by atoms with Gasteiger partial charge in [-0.3, -0.25) is 48.7 Å². The minimum Gasteiger partial charge on any atom is -0.381 e. The fraction of sp³-hybridized carbons (Fsp3) is 0.370. The number of ketones is 1. The molecule has 18 heteroatoms. The number of piperazine rings is 1. The summed E-state index contributed by atoms with van der Waals surface area (Å²) in [4.78, 5) is 96.1. The van der Waals surface area contributed by atoms with Gasteiger partial charge in [0.1, 0.15) is 11.9 Å². The summed E-state index contributed by atoms with van der Waals surface area (Å²) >= 11 is 0. The van der Waals surface area contributed by atoms with Crippen LogP contribution in [0.15, 0.2) is 71.7 Å². The predicted octanol–water partition coefficient (Wildman–Crippen LogP) is 5.99. The van der Waals surface area contributed by atoms with Crippen molar-refractivity contribution in [2.75, 3.05) is 43.6 Å². The maximum atomic E-state index is 15.8. The van der Waals surface area contributed by atoms with Gasteiger partial charge >= 0.3 is 6.18 Å². The molecule has 1 aromatic heterocycles. The van der Waals surface area contributed by atoms with Crippen LogP contribution in [0.2, 0.25) is 0 Å². The molecular weight excluding hydrogens is 841 g/mol. The number of likely N-dealkylation sites (N-methyl/N-ethyl adjacent to an activating group) is 1. The van der Waals surface area contributed by atoms with Gasteiger partial charge in [-0.2, -0.15) is 13.2 Å². The number of piperidine rings is 1. The number of aryl methyl sites for hydroxylation is 1. The number of anilines is 2. The molecule has 2 saturated heterocycles. The van der Waals surface area contributed by atoms with Gasteiger partial charge in [0.05, 0.1) is 33.6 Å². The average Bonchev–Trinajstić information content (AvgIpc) is 3.50. The standard InChI is InChI=1S/C46H46F4N6O8/c1-25-23-55(24-26(2)54(25)3)36-14-12-28(20-35(36)52-42(60)32-22-51-40(59)21-33(32)46(48,49)50)30-13-11-29(19-34(30)47)38(57)10-6-18-64-17-5-8-27-7-4-9-31-41(27)45(63)56(44(31)62)37-15-16-39(58)53-43(37)61/h4,7,9,11-14,19-22,25-26,37H,5-6,8,10,15-18,23-24H2,1-3H3,(H,51,59)(H,52,60)(H,53,58,61)/t25-,26+,37?. The molecule has 3 aromatic carbocycles. The van der Waals surface area contributed by atoms with Crippen molar-refractivity contribution in [2.24, 2.45) is 0 Å². The lowest BCUT2D eigenvalue weighted by atomic mass is 9.98. The number of hydrogen-bond donors (Lipinski definition) is 3. The number of carbonyl (C=O) groups excluding carboxylic acids is 6. The molecule has 2 fully saturated rings. The van der Waals surface area contributed by atoms with E-state index in [4.69, 9.17) is 4.74 Å². The van der Waals surface area contributed by atoms with Crippen molar-refractivity contribution < 1.29 is 51.1 Å². The summed E-state index contributed by atoms with van der Waals surface area (Å²) in [5.74, 6) is -4.50. The molecule has 3 aliphatic heterocycles. The summed E-state index contributed by atoms with van der Waals surface area (Å²) in [7, 11) is 1.98. The van der Waals surface area contributed by atoms with Crippen LogP contribution < -0.4 is 21.1 Å². The van der Waals surface area contributed by atoms with Gasteiger partial charge in [0.2, 0.25) is 17.4 Å². The lowest BCUT2D eigenvalue weighted by molar-refractivity contribution is -0.138. The molecule has 5 amide bonds. The van der Waals surface area contributed by atoms with Gasteiger partial charge in [0.15, 0.2) is 5.78 Å². The Hall–Kier alpha value is -6.53. The monoisotopic (exact) mass is 886 g/mol. The molecular formula is C46H46F4N6O8. The highest BCUT2D eigenvalue weighted by atomic mass is 19.4. The molecule has 14 nitrogen and oxygen atoms in total. The van der Waals surface area contributed by atoms with Gasteiger partial charge in [-0.1, -0.05) is 30.3 Å². The molecule has 3 aliphatic rings. The fourth-order valence-electron chi connectivity index (χ4n) is 8.43. The van der Waals surface area contributed by atoms with Crippen LogP contribution >= 0.6 is 0 Å². The quantitative estimate of drug-likeness (QED) is 0.0590. The highest BCUT2D eigenvalue weighted by Gasteiger charge is 2.45. The summed E-state index contributed by atoms with van der Waals surface area (Å²) in [6.45, 7) is 5.60. The molecule has 3 atom stereocenters. The first-order chi connectivity index (χ1) is 30.4. The summed E-state index contributed by atoms with van der Waals surface area (Å²) in [5.41, 5.74) is -1.06. The van der Waals surface area contributed by atoms with Crippen molar-refractivity contribution in [1.29, 1.82) is 0 Å². The molecule has 1 unspecified atom stereocenters. The highest BCUT2D eigenvalue weighted by molar-refractivity contribution is 6.24. The zero-order valence-electron chi connectivity index (χ0n) is 35.3. The van der Waals surface area contributed by atoms with Crippen LogP contribution in [0.4, 0.5) is 28.9 Å². The molecule has 64 heavy (non-hydrogen) atoms. The predicted molar refractivity (Wildman–Crippen MR) is 227 cm³/mol. The first kappa shape index (κ1) is 45.5. The van der Waals surface area contributed by atoms with Crippen LogP contribution in [-0.2, 0) is 26.9 Å². The fourth-order valence-corrected chi connectivity index (χ4v) is 8.43. The molecule has 4 aromatic rings. The number of rotatable bonds is 14. The molecule has 7 rings (SSSR count). The van der Waals surface area contributed by atoms with Crippen molar-refractivity contribution >= 4 is 46.7 Å². The molecule has 0 bridgehead atoms. The second-order valence-electron chi connectivity index (χ2n) is 16.3. The number of nitrogens with one attached hydrogen (secondary N) is 3. The van der Waals surface area contributed by atoms with E-state index in [0.29, 0.717) is 61.4 Å². The van der Waals surface area contributed by atoms with Gasteiger partial charge in [0.25, 0.3) is 17.7 Å². The third-order valence-electron chi connectivity index (χ3n) is 12.0. The van der Waals surface area contributed by atoms with Crippen LogP contribution in [-0.4, -0.2) is 102 Å². The topological polar surface area (TPSA) is 178 Å². The van der Waals surface area contributed by atoms with Gasteiger partial charge < -0.3 is 19.9 Å². The summed E-state index contributed by atoms with van der Waals surface area (Å²) in [5, 5.41) is 4.76. The van der Waals surface area contributed by atoms with Crippen molar-refractivity contribution in [2.45, 2.75) is 76.7 Å². The van der Waals surface area contributed by atoms with Crippen molar-refractivity contribution in [3.05, 3.63) is 116 Å². The Kier molecular flexibility index (Phi) is 13.3. The van der Waals surface area contributed by atoms with E-state index >= 15 is 4.39 Å². The van der Waals surface area contributed by atoms with Crippen molar-refractivity contribution in [1.82, 2.24) is 20.1 Å². The Bertz CT molecular complexity index is 2580. The third kappa shape index (κ3) is 9.52. The Labute approximate surface area is 364 Å². The number of amides is 5. The van der Waals surface area contributed by atoms with E-state index in [1.807, 2.05) is 25.8 Å². The number of Topliss-reactive ketones (excluding diaryl/α,β-unsaturated/α-hetero) is 1. The SMILES string of the molecule is C[C@@H]1CN(c2ccc(-c3ccc(C(=O)CCCOCCCc4cccc5c4C(=O)N(C4CCC(=O)NC4=O)C5=O)cc3F)cc2NC(=O)c2c[nH]c(=O)cc2C(F)(F)F)C[C@H](C)N1C. The van der Waals surface area contributed by atoms with Crippen LogP contribution in [0.25, 0.3) is 11.1 Å². The number of alkyl halides is 3. The van der Waals surface area contributed by atoms with Gasteiger partial charge in [-0.25, -0.2) is 4.39 Å². The number of ether oxygens (including phenoxy) is 1. The van der Waals surface area contributed by atoms with Gasteiger partial charge in [0, 0.05) is 74.6 Å². The van der Waals surface area contributed by atoms with Crippen LogP contribution in [0, 0.1) is 5.82 Å². The Balaban J connectivity index is 0.968. The number of nitrogens with zero attached hydrogens (tertiary/aromatic N) is 3. The maximum absolute atomic E-state index is 15.8. The number of aromatic amines is 1. The highest BCUT2D eigenvalue weighted by Crippen LogP contribution is 2.37. The second-order valence-corrected chi connectivity index (χ2v) is 16.3. The van der Waals surface area contributed by atoms with E-state index in [2.05, 4.69) is 20.5 Å². The van der Waals surface area contributed by atoms with E-state index < -0.39 is 64.3 Å². The van der Waals surface area contributed by atoms with Crippen molar-refractivity contribution in [3.63, 3.8) is 0 Å². The lowest BCUT2D eigenvalue weighted by Crippen LogP contribution is -2.55. The first-order valence-electron chi connectivity index (χ1n) is 20.9. The van der Waals surface area contributed by atoms with E-state index in [9.17, 15) is 46.7 Å². The number of hydrogen-bond acceptors (Lipinski definition) is 10. The smallest absolute Gasteiger partial charge is 0.381 e. The Morgan fingerprint density at radius 1 is 0.891 bits per heavy atom.